The molecule has 1 N–H and O–H groups in total. The maximum absolute atomic E-state index is 13.3. The Labute approximate surface area is 198 Å². The van der Waals surface area contributed by atoms with Gasteiger partial charge in [-0.05, 0) is 49.2 Å². The fourth-order valence-corrected chi connectivity index (χ4v) is 5.48. The fraction of sp³-hybridized carbons (Fsp3) is 0.261. The molecule has 32 heavy (non-hydrogen) atoms. The van der Waals surface area contributed by atoms with Gasteiger partial charge < -0.3 is 4.74 Å². The van der Waals surface area contributed by atoms with Gasteiger partial charge in [0.25, 0.3) is 5.56 Å². The van der Waals surface area contributed by atoms with Crippen LogP contribution in [0.1, 0.15) is 24.1 Å². The highest BCUT2D eigenvalue weighted by Gasteiger charge is 2.18. The van der Waals surface area contributed by atoms with Crippen molar-refractivity contribution in [3.63, 3.8) is 0 Å². The Balaban J connectivity index is 1.46. The van der Waals surface area contributed by atoms with Crippen LogP contribution in [0.2, 0.25) is 5.02 Å². The minimum atomic E-state index is -0.146. The lowest BCUT2D eigenvalue weighted by molar-refractivity contribution is 0.118. The summed E-state index contributed by atoms with van der Waals surface area (Å²) in [7, 11) is 0. The van der Waals surface area contributed by atoms with Crippen LogP contribution in [-0.4, -0.2) is 40.2 Å². The van der Waals surface area contributed by atoms with Crippen LogP contribution in [0.25, 0.3) is 15.3 Å². The normalized spacial score (nSPS) is 16.5. The summed E-state index contributed by atoms with van der Waals surface area (Å²) in [6.45, 7) is 1.35. The van der Waals surface area contributed by atoms with Crippen LogP contribution in [-0.2, 0) is 10.5 Å². The predicted molar refractivity (Wildman–Crippen MR) is 132 cm³/mol. The fourth-order valence-electron chi connectivity index (χ4n) is 3.57. The van der Waals surface area contributed by atoms with Gasteiger partial charge in [-0.1, -0.05) is 35.1 Å². The van der Waals surface area contributed by atoms with E-state index in [4.69, 9.17) is 16.3 Å². The van der Waals surface area contributed by atoms with Gasteiger partial charge in [-0.2, -0.15) is 4.68 Å². The van der Waals surface area contributed by atoms with Crippen LogP contribution in [0.15, 0.2) is 63.2 Å². The number of aliphatic imine (C=N–C) groups is 1. The molecule has 4 aromatic rings. The summed E-state index contributed by atoms with van der Waals surface area (Å²) in [5.41, 5.74) is 2.10. The lowest BCUT2D eigenvalue weighted by Crippen LogP contribution is -2.17. The third-order valence-corrected chi connectivity index (χ3v) is 7.54. The number of aromatic nitrogens is 3. The van der Waals surface area contributed by atoms with Gasteiger partial charge >= 0.3 is 0 Å². The predicted octanol–water partition coefficient (Wildman–Crippen LogP) is 5.32. The lowest BCUT2D eigenvalue weighted by Gasteiger charge is -2.04. The molecule has 0 radical (unpaired) electrons. The Morgan fingerprint density at radius 3 is 2.91 bits per heavy atom. The second-order valence-corrected chi connectivity index (χ2v) is 9.97. The van der Waals surface area contributed by atoms with Crippen LogP contribution >= 0.6 is 34.7 Å². The molecule has 1 unspecified atom stereocenters. The molecule has 0 spiro atoms. The van der Waals surface area contributed by atoms with E-state index in [0.717, 1.165) is 40.3 Å². The molecule has 1 fully saturated rings. The van der Waals surface area contributed by atoms with Crippen molar-refractivity contribution in [2.75, 3.05) is 13.2 Å². The van der Waals surface area contributed by atoms with Crippen molar-refractivity contribution < 1.29 is 4.74 Å². The average Bonchev–Trinajstić information content (AvgIpc) is 3.53. The van der Waals surface area contributed by atoms with E-state index in [-0.39, 0.29) is 11.7 Å². The quantitative estimate of drug-likeness (QED) is 0.284. The molecular formula is C23H21ClN4O2S2. The monoisotopic (exact) mass is 484 g/mol. The van der Waals surface area contributed by atoms with Gasteiger partial charge in [0.1, 0.15) is 0 Å². The van der Waals surface area contributed by atoms with Crippen LogP contribution in [0.5, 0.6) is 0 Å². The molecule has 0 saturated carbocycles. The second kappa shape index (κ2) is 9.62. The minimum Gasteiger partial charge on any atom is -0.376 e. The summed E-state index contributed by atoms with van der Waals surface area (Å²) in [5, 5.41) is 4.59. The number of hydrogen-bond donors (Lipinski definition) is 1. The standard InChI is InChI=1S/C23H21ClN4O2S2/c24-15-7-9-17(10-8-15)31-14-20-18(13-25-12-16-4-3-11-30-16)22(29)28(27-20)23-26-19-5-1-2-6-21(19)32-23/h1-2,5-10,13,16,27H,3-4,11-12,14H2. The molecule has 2 aromatic heterocycles. The number of rotatable bonds is 7. The molecule has 5 rings (SSSR count). The molecule has 0 aliphatic carbocycles. The number of thioether (sulfide) groups is 1. The number of ether oxygens (including phenoxy) is 1. The van der Waals surface area contributed by atoms with Crippen molar-refractivity contribution in [3.05, 3.63) is 75.2 Å². The van der Waals surface area contributed by atoms with Gasteiger partial charge in [-0.15, -0.1) is 11.8 Å². The lowest BCUT2D eigenvalue weighted by atomic mass is 10.2. The van der Waals surface area contributed by atoms with Crippen molar-refractivity contribution in [2.45, 2.75) is 29.6 Å². The Morgan fingerprint density at radius 1 is 1.28 bits per heavy atom. The molecule has 2 aromatic carbocycles. The van der Waals surface area contributed by atoms with Gasteiger partial charge in [0.2, 0.25) is 5.13 Å². The van der Waals surface area contributed by atoms with Gasteiger partial charge in [0.15, 0.2) is 0 Å². The first-order chi connectivity index (χ1) is 15.7. The van der Waals surface area contributed by atoms with Crippen molar-refractivity contribution in [1.82, 2.24) is 14.8 Å². The average molecular weight is 485 g/mol. The van der Waals surface area contributed by atoms with E-state index in [9.17, 15) is 4.79 Å². The number of H-pyrrole nitrogens is 1. The Hall–Kier alpha value is -2.39. The molecule has 0 bridgehead atoms. The van der Waals surface area contributed by atoms with Crippen LogP contribution < -0.4 is 5.56 Å². The molecule has 3 heterocycles. The molecule has 0 amide bonds. The van der Waals surface area contributed by atoms with E-state index < -0.39 is 0 Å². The third-order valence-electron chi connectivity index (χ3n) is 5.23. The van der Waals surface area contributed by atoms with Gasteiger partial charge in [0, 0.05) is 28.5 Å². The molecule has 6 nitrogen and oxygen atoms in total. The molecule has 1 aliphatic heterocycles. The SMILES string of the molecule is O=c1c(C=NCC2CCCO2)c(CSc2ccc(Cl)cc2)[nH]n1-c1nc2ccccc2s1. The summed E-state index contributed by atoms with van der Waals surface area (Å²) < 4.78 is 8.21. The maximum Gasteiger partial charge on any atom is 0.282 e. The van der Waals surface area contributed by atoms with Crippen LogP contribution in [0.4, 0.5) is 0 Å². The number of benzene rings is 2. The molecule has 9 heteroatoms. The van der Waals surface area contributed by atoms with Crippen molar-refractivity contribution in [3.8, 4) is 5.13 Å². The maximum atomic E-state index is 13.3. The van der Waals surface area contributed by atoms with E-state index in [1.807, 2.05) is 48.5 Å². The van der Waals surface area contributed by atoms with E-state index in [1.54, 1.807) is 18.0 Å². The summed E-state index contributed by atoms with van der Waals surface area (Å²) in [5.74, 6) is 0.593. The molecule has 164 valence electrons. The zero-order chi connectivity index (χ0) is 21.9. The van der Waals surface area contributed by atoms with E-state index in [1.165, 1.54) is 16.0 Å². The molecule has 1 saturated heterocycles. The topological polar surface area (TPSA) is 72.3 Å². The number of thiazole rings is 1. The van der Waals surface area contributed by atoms with Gasteiger partial charge in [-0.3, -0.25) is 14.9 Å². The molecule has 1 atom stereocenters. The summed E-state index contributed by atoms with van der Waals surface area (Å²) in [4.78, 5) is 23.5. The third kappa shape index (κ3) is 4.68. The highest BCUT2D eigenvalue weighted by molar-refractivity contribution is 7.98. The van der Waals surface area contributed by atoms with Crippen LogP contribution in [0, 0.1) is 0 Å². The Bertz CT molecular complexity index is 1270. The first kappa shape index (κ1) is 21.5. The summed E-state index contributed by atoms with van der Waals surface area (Å²) in [6.07, 6.45) is 3.91. The highest BCUT2D eigenvalue weighted by Crippen LogP contribution is 2.26. The number of nitrogens with zero attached hydrogens (tertiary/aromatic N) is 3. The number of hydrogen-bond acceptors (Lipinski definition) is 6. The highest BCUT2D eigenvalue weighted by atomic mass is 35.5. The number of aromatic amines is 1. The number of nitrogens with one attached hydrogen (secondary N) is 1. The Kier molecular flexibility index (Phi) is 6.45. The Morgan fingerprint density at radius 2 is 2.12 bits per heavy atom. The zero-order valence-corrected chi connectivity index (χ0v) is 19.6. The molecule has 1 aliphatic rings. The van der Waals surface area contributed by atoms with Crippen molar-refractivity contribution in [1.29, 1.82) is 0 Å². The van der Waals surface area contributed by atoms with Crippen molar-refractivity contribution >= 4 is 51.1 Å². The number of halogens is 1. The summed E-state index contributed by atoms with van der Waals surface area (Å²) >= 11 is 9.11. The van der Waals surface area contributed by atoms with E-state index in [2.05, 4.69) is 15.1 Å². The van der Waals surface area contributed by atoms with Gasteiger partial charge in [-0.25, -0.2) is 4.98 Å². The van der Waals surface area contributed by atoms with Crippen molar-refractivity contribution in [2.24, 2.45) is 4.99 Å². The zero-order valence-electron chi connectivity index (χ0n) is 17.2. The molecular weight excluding hydrogens is 464 g/mol. The van der Waals surface area contributed by atoms with Gasteiger partial charge in [0.05, 0.1) is 34.1 Å². The van der Waals surface area contributed by atoms with E-state index >= 15 is 0 Å². The minimum absolute atomic E-state index is 0.142. The smallest absolute Gasteiger partial charge is 0.282 e. The van der Waals surface area contributed by atoms with E-state index in [0.29, 0.717) is 28.0 Å². The number of para-hydroxylation sites is 1. The van der Waals surface area contributed by atoms with Crippen LogP contribution in [0.3, 0.4) is 0 Å². The summed E-state index contributed by atoms with van der Waals surface area (Å²) in [6, 6.07) is 15.5. The first-order valence-electron chi connectivity index (χ1n) is 10.4. The largest absolute Gasteiger partial charge is 0.376 e. The number of fused-ring (bicyclic) bond motifs is 1. The second-order valence-electron chi connectivity index (χ2n) is 7.48. The first-order valence-corrected chi connectivity index (χ1v) is 12.5.